The third-order valence-corrected chi connectivity index (χ3v) is 3.70. The minimum atomic E-state index is -0.0989. The number of aromatic nitrogens is 6. The van der Waals surface area contributed by atoms with Crippen molar-refractivity contribution >= 4 is 5.82 Å². The lowest BCUT2D eigenvalue weighted by Gasteiger charge is -2.20. The number of nitrogens with two attached hydrogens (primary N) is 1. The first-order valence-corrected chi connectivity index (χ1v) is 7.07. The summed E-state index contributed by atoms with van der Waals surface area (Å²) in [7, 11) is 0. The van der Waals surface area contributed by atoms with Crippen molar-refractivity contribution in [2.24, 2.45) is 0 Å². The summed E-state index contributed by atoms with van der Waals surface area (Å²) < 4.78 is 4.05. The summed E-state index contributed by atoms with van der Waals surface area (Å²) in [6.07, 6.45) is 3.39. The maximum Gasteiger partial charge on any atom is 0.169 e. The van der Waals surface area contributed by atoms with Crippen molar-refractivity contribution in [1.82, 2.24) is 29.8 Å². The molecule has 0 aromatic carbocycles. The molecule has 0 saturated heterocycles. The van der Waals surface area contributed by atoms with E-state index in [0.717, 1.165) is 30.3 Å². The predicted molar refractivity (Wildman–Crippen MR) is 75.2 cm³/mol. The second-order valence-electron chi connectivity index (χ2n) is 6.37. The van der Waals surface area contributed by atoms with Gasteiger partial charge in [-0.1, -0.05) is 26.0 Å². The van der Waals surface area contributed by atoms with Gasteiger partial charge in [0.2, 0.25) is 0 Å². The topological polar surface area (TPSA) is 87.4 Å². The quantitative estimate of drug-likeness (QED) is 0.887. The van der Waals surface area contributed by atoms with Crippen molar-refractivity contribution in [2.75, 3.05) is 5.73 Å². The van der Waals surface area contributed by atoms with Gasteiger partial charge >= 0.3 is 0 Å². The summed E-state index contributed by atoms with van der Waals surface area (Å²) >= 11 is 0. The number of hydrogen-bond acceptors (Lipinski definition) is 5. The number of fused-ring (bicyclic) bond motifs is 1. The number of anilines is 1. The molecule has 0 fully saturated rings. The van der Waals surface area contributed by atoms with Gasteiger partial charge in [0.1, 0.15) is 12.4 Å². The van der Waals surface area contributed by atoms with E-state index < -0.39 is 0 Å². The van der Waals surface area contributed by atoms with Gasteiger partial charge in [0.05, 0.1) is 5.69 Å². The molecule has 7 heteroatoms. The molecule has 2 aromatic heterocycles. The van der Waals surface area contributed by atoms with E-state index in [4.69, 9.17) is 5.73 Å². The summed E-state index contributed by atoms with van der Waals surface area (Å²) in [6, 6.07) is 0. The van der Waals surface area contributed by atoms with Gasteiger partial charge in [0.15, 0.2) is 11.6 Å². The zero-order valence-electron chi connectivity index (χ0n) is 12.3. The van der Waals surface area contributed by atoms with Gasteiger partial charge in [0.25, 0.3) is 0 Å². The van der Waals surface area contributed by atoms with Crippen LogP contribution in [0.5, 0.6) is 0 Å². The Morgan fingerprint density at radius 2 is 1.95 bits per heavy atom. The van der Waals surface area contributed by atoms with Crippen LogP contribution in [0.4, 0.5) is 5.82 Å². The Labute approximate surface area is 118 Å². The predicted octanol–water partition coefficient (Wildman–Crippen LogP) is 1.13. The SMILES string of the molecule is CC(C)(C)c1c(N)nnn1Cc1nnc2n1CCCC2. The van der Waals surface area contributed by atoms with Crippen molar-refractivity contribution in [3.63, 3.8) is 0 Å². The standard InChI is InChI=1S/C13H21N7/c1-13(2,3)11-12(14)17-18-20(11)8-10-16-15-9-6-4-5-7-19(9)10/h4-8,14H2,1-3H3. The molecular formula is C13H21N7. The second-order valence-corrected chi connectivity index (χ2v) is 6.37. The van der Waals surface area contributed by atoms with Gasteiger partial charge in [-0.25, -0.2) is 4.68 Å². The normalized spacial score (nSPS) is 15.3. The van der Waals surface area contributed by atoms with E-state index in [1.807, 2.05) is 4.68 Å². The zero-order valence-corrected chi connectivity index (χ0v) is 12.3. The highest BCUT2D eigenvalue weighted by atomic mass is 15.5. The maximum atomic E-state index is 5.96. The first kappa shape index (κ1) is 13.1. The van der Waals surface area contributed by atoms with E-state index in [1.165, 1.54) is 12.8 Å². The van der Waals surface area contributed by atoms with Gasteiger partial charge in [-0.05, 0) is 12.8 Å². The molecule has 0 spiro atoms. The van der Waals surface area contributed by atoms with Crippen LogP contribution in [0.2, 0.25) is 0 Å². The summed E-state index contributed by atoms with van der Waals surface area (Å²) in [5, 5.41) is 16.8. The van der Waals surface area contributed by atoms with E-state index in [2.05, 4.69) is 45.8 Å². The van der Waals surface area contributed by atoms with Crippen LogP contribution in [-0.4, -0.2) is 29.8 Å². The van der Waals surface area contributed by atoms with Crippen LogP contribution in [0.3, 0.4) is 0 Å². The third kappa shape index (κ3) is 2.17. The van der Waals surface area contributed by atoms with E-state index in [9.17, 15) is 0 Å². The highest BCUT2D eigenvalue weighted by Crippen LogP contribution is 2.26. The van der Waals surface area contributed by atoms with Gasteiger partial charge in [-0.15, -0.1) is 15.3 Å². The van der Waals surface area contributed by atoms with Crippen molar-refractivity contribution in [3.05, 3.63) is 17.3 Å². The zero-order chi connectivity index (χ0) is 14.3. The molecule has 2 aromatic rings. The fourth-order valence-electron chi connectivity index (χ4n) is 2.83. The Balaban J connectivity index is 1.94. The van der Waals surface area contributed by atoms with Crippen LogP contribution in [0.25, 0.3) is 0 Å². The Bertz CT molecular complexity index is 617. The monoisotopic (exact) mass is 275 g/mol. The number of nitrogen functional groups attached to an aromatic ring is 1. The minimum absolute atomic E-state index is 0.0989. The molecule has 0 saturated carbocycles. The average Bonchev–Trinajstić information content (AvgIpc) is 2.94. The Morgan fingerprint density at radius 3 is 2.70 bits per heavy atom. The Hall–Kier alpha value is -1.92. The molecule has 0 amide bonds. The molecule has 1 aliphatic rings. The van der Waals surface area contributed by atoms with Crippen LogP contribution in [0.1, 0.15) is 51.0 Å². The van der Waals surface area contributed by atoms with Crippen molar-refractivity contribution in [3.8, 4) is 0 Å². The number of nitrogens with zero attached hydrogens (tertiary/aromatic N) is 6. The lowest BCUT2D eigenvalue weighted by atomic mass is 9.92. The molecule has 20 heavy (non-hydrogen) atoms. The van der Waals surface area contributed by atoms with E-state index >= 15 is 0 Å². The molecule has 3 rings (SSSR count). The largest absolute Gasteiger partial charge is 0.381 e. The Morgan fingerprint density at radius 1 is 1.15 bits per heavy atom. The first-order chi connectivity index (χ1) is 9.47. The average molecular weight is 275 g/mol. The second kappa shape index (κ2) is 4.57. The molecule has 108 valence electrons. The van der Waals surface area contributed by atoms with E-state index in [0.29, 0.717) is 12.4 Å². The lowest BCUT2D eigenvalue weighted by Crippen LogP contribution is -2.22. The highest BCUT2D eigenvalue weighted by molar-refractivity contribution is 5.38. The fraction of sp³-hybridized carbons (Fsp3) is 0.692. The molecular weight excluding hydrogens is 254 g/mol. The molecule has 0 bridgehead atoms. The Kier molecular flexibility index (Phi) is 2.99. The van der Waals surface area contributed by atoms with Crippen LogP contribution >= 0.6 is 0 Å². The van der Waals surface area contributed by atoms with Crippen LogP contribution < -0.4 is 5.73 Å². The molecule has 0 aliphatic carbocycles. The maximum absolute atomic E-state index is 5.96. The summed E-state index contributed by atoms with van der Waals surface area (Å²) in [5.41, 5.74) is 6.81. The van der Waals surface area contributed by atoms with Crippen LogP contribution in [0.15, 0.2) is 0 Å². The molecule has 2 N–H and O–H groups in total. The molecule has 3 heterocycles. The van der Waals surface area contributed by atoms with E-state index in [-0.39, 0.29) is 5.41 Å². The van der Waals surface area contributed by atoms with Crippen molar-refractivity contribution < 1.29 is 0 Å². The molecule has 1 aliphatic heterocycles. The van der Waals surface area contributed by atoms with E-state index in [1.54, 1.807) is 0 Å². The van der Waals surface area contributed by atoms with Crippen molar-refractivity contribution in [2.45, 2.75) is 58.5 Å². The van der Waals surface area contributed by atoms with Crippen LogP contribution in [0, 0.1) is 0 Å². The van der Waals surface area contributed by atoms with Gasteiger partial charge in [-0.2, -0.15) is 0 Å². The first-order valence-electron chi connectivity index (χ1n) is 7.07. The van der Waals surface area contributed by atoms with Crippen molar-refractivity contribution in [1.29, 1.82) is 0 Å². The summed E-state index contributed by atoms with van der Waals surface area (Å²) in [5.74, 6) is 2.52. The molecule has 0 radical (unpaired) electrons. The smallest absolute Gasteiger partial charge is 0.169 e. The number of aryl methyl sites for hydroxylation is 1. The fourth-order valence-corrected chi connectivity index (χ4v) is 2.83. The number of rotatable bonds is 2. The van der Waals surface area contributed by atoms with Gasteiger partial charge in [0, 0.05) is 18.4 Å². The third-order valence-electron chi connectivity index (χ3n) is 3.70. The molecule has 7 nitrogen and oxygen atoms in total. The highest BCUT2D eigenvalue weighted by Gasteiger charge is 2.25. The minimum Gasteiger partial charge on any atom is -0.381 e. The lowest BCUT2D eigenvalue weighted by molar-refractivity contribution is 0.467. The number of hydrogen-bond donors (Lipinski definition) is 1. The van der Waals surface area contributed by atoms with Crippen LogP contribution in [-0.2, 0) is 24.9 Å². The van der Waals surface area contributed by atoms with Gasteiger partial charge < -0.3 is 10.3 Å². The summed E-state index contributed by atoms with van der Waals surface area (Å²) in [4.78, 5) is 0. The summed E-state index contributed by atoms with van der Waals surface area (Å²) in [6.45, 7) is 7.89. The molecule has 0 atom stereocenters. The molecule has 0 unspecified atom stereocenters. The van der Waals surface area contributed by atoms with Gasteiger partial charge in [-0.3, -0.25) is 0 Å².